The van der Waals surface area contributed by atoms with Crippen molar-refractivity contribution < 1.29 is 19.4 Å². The molecule has 0 aliphatic heterocycles. The van der Waals surface area contributed by atoms with E-state index in [9.17, 15) is 4.79 Å². The average Bonchev–Trinajstić information content (AvgIpc) is 3.16. The number of nitrogens with zero attached hydrogens (tertiary/aromatic N) is 3. The van der Waals surface area contributed by atoms with E-state index < -0.39 is 12.6 Å². The van der Waals surface area contributed by atoms with Crippen LogP contribution in [0.2, 0.25) is 0 Å². The second kappa shape index (κ2) is 10.6. The molecule has 0 saturated heterocycles. The Balaban J connectivity index is 1.84. The molecule has 3 aromatic rings. The van der Waals surface area contributed by atoms with E-state index in [4.69, 9.17) is 14.6 Å². The van der Waals surface area contributed by atoms with Crippen molar-refractivity contribution in [3.05, 3.63) is 36.3 Å². The Morgan fingerprint density at radius 3 is 2.87 bits per heavy atom. The zero-order valence-electron chi connectivity index (χ0n) is 17.9. The number of hydrogen-bond donors (Lipinski definition) is 4. The highest BCUT2D eigenvalue weighted by atomic mass is 16.5. The van der Waals surface area contributed by atoms with Crippen molar-refractivity contribution in [1.29, 1.82) is 0 Å². The van der Waals surface area contributed by atoms with Gasteiger partial charge in [0.1, 0.15) is 17.8 Å². The van der Waals surface area contributed by atoms with Gasteiger partial charge in [-0.3, -0.25) is 0 Å². The van der Waals surface area contributed by atoms with Crippen LogP contribution in [0.3, 0.4) is 0 Å². The molecule has 1 aromatic carbocycles. The Labute approximate surface area is 180 Å². The number of nitrogens with one attached hydrogen (secondary N) is 3. The van der Waals surface area contributed by atoms with Gasteiger partial charge in [0.05, 0.1) is 12.5 Å². The van der Waals surface area contributed by atoms with Crippen LogP contribution in [0.5, 0.6) is 11.5 Å². The van der Waals surface area contributed by atoms with Crippen molar-refractivity contribution in [3.8, 4) is 11.5 Å². The number of aromatic amines is 1. The number of H-pyrrole nitrogens is 1. The maximum Gasteiger partial charge on any atom is 0.341 e. The zero-order valence-corrected chi connectivity index (χ0v) is 17.9. The molecule has 0 atom stereocenters. The predicted octanol–water partition coefficient (Wildman–Crippen LogP) is 2.21. The number of aliphatic carboxylic acids is 1. The van der Waals surface area contributed by atoms with Crippen LogP contribution < -0.4 is 20.1 Å². The number of aromatic nitrogens is 3. The molecular formula is C21H28N6O4. The highest BCUT2D eigenvalue weighted by Crippen LogP contribution is 2.33. The van der Waals surface area contributed by atoms with E-state index in [-0.39, 0.29) is 0 Å². The van der Waals surface area contributed by atoms with Gasteiger partial charge < -0.3 is 35.1 Å². The molecule has 166 valence electrons. The van der Waals surface area contributed by atoms with Gasteiger partial charge in [-0.05, 0) is 51.3 Å². The zero-order chi connectivity index (χ0) is 22.2. The number of carboxylic acids is 1. The molecule has 0 aliphatic rings. The largest absolute Gasteiger partial charge is 0.493 e. The molecular weight excluding hydrogens is 400 g/mol. The SMILES string of the molecule is CNCCCN(C)Cc1c[nH]c2ncnc(Nc3ccc(OC)c(OCC(=O)O)c3)c12. The lowest BCUT2D eigenvalue weighted by atomic mass is 10.2. The summed E-state index contributed by atoms with van der Waals surface area (Å²) in [5.74, 6) is 0.372. The smallest absolute Gasteiger partial charge is 0.341 e. The van der Waals surface area contributed by atoms with Crippen LogP contribution >= 0.6 is 0 Å². The molecule has 0 radical (unpaired) electrons. The molecule has 10 heteroatoms. The Morgan fingerprint density at radius 1 is 1.29 bits per heavy atom. The van der Waals surface area contributed by atoms with Gasteiger partial charge in [0.25, 0.3) is 0 Å². The first kappa shape index (κ1) is 22.3. The van der Waals surface area contributed by atoms with Gasteiger partial charge in [0.2, 0.25) is 0 Å². The lowest BCUT2D eigenvalue weighted by Crippen LogP contribution is -2.22. The number of hydrogen-bond acceptors (Lipinski definition) is 8. The maximum atomic E-state index is 10.9. The lowest BCUT2D eigenvalue weighted by Gasteiger charge is -2.17. The fourth-order valence-electron chi connectivity index (χ4n) is 3.29. The first-order chi connectivity index (χ1) is 15.0. The summed E-state index contributed by atoms with van der Waals surface area (Å²) in [7, 11) is 5.54. The monoisotopic (exact) mass is 428 g/mol. The van der Waals surface area contributed by atoms with E-state index in [0.29, 0.717) is 23.0 Å². The molecule has 0 bridgehead atoms. The molecule has 0 aliphatic carbocycles. The number of rotatable bonds is 12. The van der Waals surface area contributed by atoms with E-state index in [1.165, 1.54) is 13.4 Å². The maximum absolute atomic E-state index is 10.9. The molecule has 2 aromatic heterocycles. The van der Waals surface area contributed by atoms with Gasteiger partial charge in [-0.1, -0.05) is 0 Å². The first-order valence-corrected chi connectivity index (χ1v) is 9.95. The van der Waals surface area contributed by atoms with E-state index >= 15 is 0 Å². The minimum atomic E-state index is -1.06. The third-order valence-corrected chi connectivity index (χ3v) is 4.74. The number of ether oxygens (including phenoxy) is 2. The van der Waals surface area contributed by atoms with Gasteiger partial charge in [-0.15, -0.1) is 0 Å². The summed E-state index contributed by atoms with van der Waals surface area (Å²) in [5.41, 5.74) is 2.52. The number of anilines is 2. The van der Waals surface area contributed by atoms with E-state index in [1.807, 2.05) is 19.3 Å². The van der Waals surface area contributed by atoms with Crippen LogP contribution in [0.1, 0.15) is 12.0 Å². The van der Waals surface area contributed by atoms with Crippen LogP contribution in [0.15, 0.2) is 30.7 Å². The van der Waals surface area contributed by atoms with Crippen molar-refractivity contribution in [1.82, 2.24) is 25.2 Å². The minimum absolute atomic E-state index is 0.332. The van der Waals surface area contributed by atoms with E-state index in [0.717, 1.165) is 42.7 Å². The Hall–Kier alpha value is -3.37. The summed E-state index contributed by atoms with van der Waals surface area (Å²) >= 11 is 0. The van der Waals surface area contributed by atoms with Gasteiger partial charge in [0.15, 0.2) is 18.1 Å². The van der Waals surface area contributed by atoms with Gasteiger partial charge in [0, 0.05) is 24.5 Å². The standard InChI is InChI=1S/C21H28N6O4/c1-22-7-4-8-27(2)11-14-10-23-20-19(14)21(25-13-24-20)26-15-5-6-16(30-3)17(9-15)31-12-18(28)29/h5-6,9-10,13,22H,4,7-8,11-12H2,1-3H3,(H,28,29)(H2,23,24,25,26). The normalized spacial score (nSPS) is 11.1. The number of methoxy groups -OCH3 is 1. The summed E-state index contributed by atoms with van der Waals surface area (Å²) in [4.78, 5) is 25.1. The fraction of sp³-hybridized carbons (Fsp3) is 0.381. The molecule has 0 amide bonds. The number of carboxylic acid groups (broad SMARTS) is 1. The second-order valence-corrected chi connectivity index (χ2v) is 7.13. The molecule has 0 unspecified atom stereocenters. The molecule has 31 heavy (non-hydrogen) atoms. The summed E-state index contributed by atoms with van der Waals surface area (Å²) in [5, 5.41) is 16.3. The van der Waals surface area contributed by atoms with Crippen LogP contribution in [0, 0.1) is 0 Å². The van der Waals surface area contributed by atoms with Gasteiger partial charge in [-0.25, -0.2) is 14.8 Å². The quantitative estimate of drug-likeness (QED) is 0.321. The van der Waals surface area contributed by atoms with Crippen molar-refractivity contribution >= 4 is 28.5 Å². The third-order valence-electron chi connectivity index (χ3n) is 4.74. The molecule has 0 fully saturated rings. The van der Waals surface area contributed by atoms with Crippen molar-refractivity contribution in [2.45, 2.75) is 13.0 Å². The molecule has 2 heterocycles. The van der Waals surface area contributed by atoms with Crippen LogP contribution in [0.4, 0.5) is 11.5 Å². The minimum Gasteiger partial charge on any atom is -0.493 e. The Morgan fingerprint density at radius 2 is 2.13 bits per heavy atom. The van der Waals surface area contributed by atoms with Gasteiger partial charge in [-0.2, -0.15) is 0 Å². The average molecular weight is 428 g/mol. The molecule has 3 rings (SSSR count). The third kappa shape index (κ3) is 5.83. The summed E-state index contributed by atoms with van der Waals surface area (Å²) in [6, 6.07) is 5.22. The van der Waals surface area contributed by atoms with Crippen molar-refractivity contribution in [3.63, 3.8) is 0 Å². The molecule has 0 saturated carbocycles. The second-order valence-electron chi connectivity index (χ2n) is 7.13. The number of benzene rings is 1. The molecule has 4 N–H and O–H groups in total. The number of fused-ring (bicyclic) bond motifs is 1. The van der Waals surface area contributed by atoms with E-state index in [1.54, 1.807) is 12.1 Å². The summed E-state index contributed by atoms with van der Waals surface area (Å²) < 4.78 is 10.6. The van der Waals surface area contributed by atoms with Crippen molar-refractivity contribution in [2.24, 2.45) is 0 Å². The summed E-state index contributed by atoms with van der Waals surface area (Å²) in [6.07, 6.45) is 4.50. The molecule has 10 nitrogen and oxygen atoms in total. The summed E-state index contributed by atoms with van der Waals surface area (Å²) in [6.45, 7) is 2.23. The predicted molar refractivity (Wildman–Crippen MR) is 118 cm³/mol. The first-order valence-electron chi connectivity index (χ1n) is 9.95. The highest BCUT2D eigenvalue weighted by Gasteiger charge is 2.14. The van der Waals surface area contributed by atoms with Crippen LogP contribution in [-0.4, -0.2) is 71.8 Å². The van der Waals surface area contributed by atoms with Crippen molar-refractivity contribution in [2.75, 3.05) is 46.2 Å². The molecule has 0 spiro atoms. The highest BCUT2D eigenvalue weighted by molar-refractivity contribution is 5.92. The topological polar surface area (TPSA) is 125 Å². The van der Waals surface area contributed by atoms with Crippen LogP contribution in [-0.2, 0) is 11.3 Å². The Bertz CT molecular complexity index is 1020. The van der Waals surface area contributed by atoms with Crippen LogP contribution in [0.25, 0.3) is 11.0 Å². The lowest BCUT2D eigenvalue weighted by molar-refractivity contribution is -0.139. The van der Waals surface area contributed by atoms with E-state index in [2.05, 4.69) is 37.5 Å². The number of carbonyl (C=O) groups is 1. The van der Waals surface area contributed by atoms with Gasteiger partial charge >= 0.3 is 5.97 Å². The fourth-order valence-corrected chi connectivity index (χ4v) is 3.29. The Kier molecular flexibility index (Phi) is 7.63.